The Morgan fingerprint density at radius 1 is 1.11 bits per heavy atom. The third-order valence-corrected chi connectivity index (χ3v) is 7.04. The third kappa shape index (κ3) is 4.51. The van der Waals surface area contributed by atoms with E-state index in [1.54, 1.807) is 43.3 Å². The number of carbonyl (C=O) groups excluding carboxylic acids is 1. The van der Waals surface area contributed by atoms with E-state index in [4.69, 9.17) is 16.3 Å². The van der Waals surface area contributed by atoms with Crippen LogP contribution in [-0.4, -0.2) is 31.8 Å². The number of benzene rings is 2. The quantitative estimate of drug-likeness (QED) is 0.568. The predicted molar refractivity (Wildman–Crippen MR) is 104 cm³/mol. The van der Waals surface area contributed by atoms with Gasteiger partial charge >= 0.3 is 5.97 Å². The van der Waals surface area contributed by atoms with Crippen molar-refractivity contribution >= 4 is 27.6 Å². The van der Waals surface area contributed by atoms with Crippen molar-refractivity contribution in [2.45, 2.75) is 31.6 Å². The van der Waals surface area contributed by atoms with Gasteiger partial charge in [-0.2, -0.15) is 4.31 Å². The molecule has 1 saturated heterocycles. The average molecular weight is 408 g/mol. The molecule has 7 heteroatoms. The minimum Gasteiger partial charge on any atom is -0.426 e. The molecule has 3 rings (SSSR count). The van der Waals surface area contributed by atoms with Gasteiger partial charge in [0, 0.05) is 18.1 Å². The van der Waals surface area contributed by atoms with Gasteiger partial charge in [0.05, 0.1) is 10.8 Å². The Kier molecular flexibility index (Phi) is 5.89. The maximum Gasteiger partial charge on any atom is 0.314 e. The number of ether oxygens (including phenoxy) is 1. The van der Waals surface area contributed by atoms with Crippen molar-refractivity contribution in [1.82, 2.24) is 4.31 Å². The summed E-state index contributed by atoms with van der Waals surface area (Å²) in [5.74, 6) is -0.270. The molecule has 5 nitrogen and oxygen atoms in total. The van der Waals surface area contributed by atoms with Crippen molar-refractivity contribution in [3.8, 4) is 5.75 Å². The summed E-state index contributed by atoms with van der Waals surface area (Å²) in [7, 11) is -3.56. The number of rotatable bonds is 4. The molecule has 0 aliphatic carbocycles. The summed E-state index contributed by atoms with van der Waals surface area (Å²) >= 11 is 5.90. The number of aryl methyl sites for hydroxylation is 2. The molecule has 0 unspecified atom stereocenters. The van der Waals surface area contributed by atoms with E-state index < -0.39 is 10.0 Å². The van der Waals surface area contributed by atoms with Crippen molar-refractivity contribution in [3.63, 3.8) is 0 Å². The van der Waals surface area contributed by atoms with Crippen LogP contribution in [0.2, 0.25) is 5.02 Å². The first-order valence-corrected chi connectivity index (χ1v) is 10.6. The molecule has 0 atom stereocenters. The highest BCUT2D eigenvalue weighted by Gasteiger charge is 2.33. The van der Waals surface area contributed by atoms with E-state index in [0.29, 0.717) is 41.6 Å². The predicted octanol–water partition coefficient (Wildman–Crippen LogP) is 3.96. The van der Waals surface area contributed by atoms with Crippen molar-refractivity contribution < 1.29 is 17.9 Å². The lowest BCUT2D eigenvalue weighted by atomic mass is 9.98. The Morgan fingerprint density at radius 3 is 2.44 bits per heavy atom. The van der Waals surface area contributed by atoms with Crippen LogP contribution in [0, 0.1) is 19.8 Å². The van der Waals surface area contributed by atoms with Crippen LogP contribution in [0.3, 0.4) is 0 Å². The van der Waals surface area contributed by atoms with Crippen LogP contribution in [0.5, 0.6) is 5.75 Å². The van der Waals surface area contributed by atoms with Gasteiger partial charge in [-0.25, -0.2) is 8.42 Å². The summed E-state index contributed by atoms with van der Waals surface area (Å²) in [5, 5.41) is 0.495. The van der Waals surface area contributed by atoms with Crippen molar-refractivity contribution in [2.24, 2.45) is 5.92 Å². The van der Waals surface area contributed by atoms with Crippen LogP contribution < -0.4 is 4.74 Å². The molecule has 0 spiro atoms. The Balaban J connectivity index is 1.65. The second kappa shape index (κ2) is 8.00. The fourth-order valence-corrected chi connectivity index (χ4v) is 5.15. The lowest BCUT2D eigenvalue weighted by molar-refractivity contribution is -0.140. The van der Waals surface area contributed by atoms with Crippen molar-refractivity contribution in [3.05, 3.63) is 58.6 Å². The number of sulfonamides is 1. The van der Waals surface area contributed by atoms with E-state index in [-0.39, 0.29) is 11.9 Å². The topological polar surface area (TPSA) is 63.7 Å². The van der Waals surface area contributed by atoms with E-state index in [2.05, 4.69) is 0 Å². The van der Waals surface area contributed by atoms with Gasteiger partial charge in [-0.1, -0.05) is 35.4 Å². The van der Waals surface area contributed by atoms with E-state index in [9.17, 15) is 13.2 Å². The van der Waals surface area contributed by atoms with Gasteiger partial charge in [-0.05, 0) is 56.5 Å². The molecule has 1 heterocycles. The number of carbonyl (C=O) groups is 1. The summed E-state index contributed by atoms with van der Waals surface area (Å²) in [6, 6.07) is 12.0. The molecular formula is C20H22ClNO4S. The zero-order valence-corrected chi connectivity index (χ0v) is 16.9. The Morgan fingerprint density at radius 2 is 1.81 bits per heavy atom. The van der Waals surface area contributed by atoms with E-state index in [1.807, 2.05) is 13.0 Å². The summed E-state index contributed by atoms with van der Waals surface area (Å²) in [5.41, 5.74) is 1.76. The average Bonchev–Trinajstić information content (AvgIpc) is 2.61. The fraction of sp³-hybridized carbons (Fsp3) is 0.350. The molecule has 0 saturated carbocycles. The van der Waals surface area contributed by atoms with Crippen molar-refractivity contribution in [2.75, 3.05) is 13.1 Å². The second-order valence-corrected chi connectivity index (χ2v) is 9.17. The van der Waals surface area contributed by atoms with Gasteiger partial charge in [0.2, 0.25) is 10.0 Å². The summed E-state index contributed by atoms with van der Waals surface area (Å²) < 4.78 is 32.7. The maximum atomic E-state index is 12.9. The van der Waals surface area contributed by atoms with Crippen LogP contribution in [0.25, 0.3) is 0 Å². The minimum atomic E-state index is -3.56. The minimum absolute atomic E-state index is 0.297. The number of hydrogen-bond acceptors (Lipinski definition) is 4. The molecule has 1 aliphatic rings. The van der Waals surface area contributed by atoms with E-state index in [1.165, 1.54) is 4.31 Å². The first kappa shape index (κ1) is 19.9. The molecule has 144 valence electrons. The van der Waals surface area contributed by atoms with Crippen LogP contribution in [-0.2, 0) is 14.8 Å². The monoisotopic (exact) mass is 407 g/mol. The fourth-order valence-electron chi connectivity index (χ4n) is 3.29. The largest absolute Gasteiger partial charge is 0.426 e. The highest BCUT2D eigenvalue weighted by molar-refractivity contribution is 7.89. The smallest absolute Gasteiger partial charge is 0.314 e. The summed E-state index contributed by atoms with van der Waals surface area (Å²) in [6.07, 6.45) is 0.868. The van der Waals surface area contributed by atoms with E-state index in [0.717, 1.165) is 11.1 Å². The Labute approximate surface area is 165 Å². The van der Waals surface area contributed by atoms with Gasteiger partial charge in [0.1, 0.15) is 5.75 Å². The summed E-state index contributed by atoms with van der Waals surface area (Å²) in [6.45, 7) is 4.32. The summed E-state index contributed by atoms with van der Waals surface area (Å²) in [4.78, 5) is 12.7. The van der Waals surface area contributed by atoms with Gasteiger partial charge in [0.25, 0.3) is 0 Å². The number of piperidine rings is 1. The molecule has 2 aromatic carbocycles. The molecule has 1 aliphatic heterocycles. The standard InChI is InChI=1S/C20H22ClNO4S/c1-14-6-7-19(15(2)12-14)27(24,25)22-10-8-16(9-11-22)20(23)26-18-5-3-4-17(21)13-18/h3-7,12-13,16H,8-11H2,1-2H3. The maximum absolute atomic E-state index is 12.9. The molecule has 27 heavy (non-hydrogen) atoms. The van der Waals surface area contributed by atoms with Crippen LogP contribution in [0.15, 0.2) is 47.4 Å². The second-order valence-electron chi connectivity index (χ2n) is 6.83. The first-order chi connectivity index (χ1) is 12.8. The van der Waals surface area contributed by atoms with Crippen molar-refractivity contribution in [1.29, 1.82) is 0 Å². The van der Waals surface area contributed by atoms with Crippen LogP contribution in [0.4, 0.5) is 0 Å². The molecule has 2 aromatic rings. The highest BCUT2D eigenvalue weighted by Crippen LogP contribution is 2.27. The molecule has 0 aromatic heterocycles. The number of hydrogen-bond donors (Lipinski definition) is 0. The third-order valence-electron chi connectivity index (χ3n) is 4.75. The van der Waals surface area contributed by atoms with Gasteiger partial charge < -0.3 is 4.74 Å². The lowest BCUT2D eigenvalue weighted by Crippen LogP contribution is -2.41. The zero-order chi connectivity index (χ0) is 19.6. The SMILES string of the molecule is Cc1ccc(S(=O)(=O)N2CCC(C(=O)Oc3cccc(Cl)c3)CC2)c(C)c1. The molecule has 0 N–H and O–H groups in total. The normalized spacial score (nSPS) is 16.3. The molecule has 1 fully saturated rings. The molecular weight excluding hydrogens is 386 g/mol. The highest BCUT2D eigenvalue weighted by atomic mass is 35.5. The number of esters is 1. The van der Waals surface area contributed by atoms with Gasteiger partial charge in [0.15, 0.2) is 0 Å². The van der Waals surface area contributed by atoms with E-state index >= 15 is 0 Å². The van der Waals surface area contributed by atoms with Gasteiger partial charge in [-0.3, -0.25) is 4.79 Å². The number of halogens is 1. The zero-order valence-electron chi connectivity index (χ0n) is 15.3. The lowest BCUT2D eigenvalue weighted by Gasteiger charge is -2.30. The first-order valence-electron chi connectivity index (χ1n) is 8.82. The molecule has 0 bridgehead atoms. The Hall–Kier alpha value is -1.89. The molecule has 0 amide bonds. The van der Waals surface area contributed by atoms with Crippen LogP contribution >= 0.6 is 11.6 Å². The Bertz CT molecular complexity index is 950. The number of nitrogens with zero attached hydrogens (tertiary/aromatic N) is 1. The van der Waals surface area contributed by atoms with Crippen LogP contribution in [0.1, 0.15) is 24.0 Å². The molecule has 0 radical (unpaired) electrons. The van der Waals surface area contributed by atoms with Gasteiger partial charge in [-0.15, -0.1) is 0 Å².